The molecule has 2 heterocycles. The predicted octanol–water partition coefficient (Wildman–Crippen LogP) is 5.83. The second-order valence-electron chi connectivity index (χ2n) is 10.0. The molecule has 220 valence electrons. The van der Waals surface area contributed by atoms with Gasteiger partial charge in [0.05, 0.1) is 23.7 Å². The van der Waals surface area contributed by atoms with Crippen LogP contribution in [-0.4, -0.2) is 40.6 Å². The molecule has 43 heavy (non-hydrogen) atoms. The highest BCUT2D eigenvalue weighted by molar-refractivity contribution is 7.99. The van der Waals surface area contributed by atoms with Gasteiger partial charge in [0, 0.05) is 22.9 Å². The highest BCUT2D eigenvalue weighted by Gasteiger charge is 2.42. The third-order valence-electron chi connectivity index (χ3n) is 7.21. The molecule has 0 saturated carbocycles. The topological polar surface area (TPSA) is 126 Å². The fraction of sp³-hybridized carbons (Fsp3) is 0.188. The summed E-state index contributed by atoms with van der Waals surface area (Å²) in [5.41, 5.74) is 3.88. The van der Waals surface area contributed by atoms with Crippen molar-refractivity contribution >= 4 is 27.5 Å². The number of hydrogen-bond donors (Lipinski definition) is 3. The van der Waals surface area contributed by atoms with Crippen LogP contribution in [0.4, 0.5) is 5.69 Å². The van der Waals surface area contributed by atoms with Crippen molar-refractivity contribution in [3.63, 3.8) is 0 Å². The first-order valence-electron chi connectivity index (χ1n) is 13.7. The van der Waals surface area contributed by atoms with E-state index >= 15 is 0 Å². The van der Waals surface area contributed by atoms with Gasteiger partial charge >= 0.3 is 0 Å². The molecule has 0 radical (unpaired) electrons. The molecule has 1 aliphatic rings. The Morgan fingerprint density at radius 1 is 0.837 bits per heavy atom. The summed E-state index contributed by atoms with van der Waals surface area (Å²) in [5, 5.41) is 17.2. The van der Waals surface area contributed by atoms with Crippen molar-refractivity contribution in [3.05, 3.63) is 138 Å². The number of H-pyrrole nitrogens is 1. The summed E-state index contributed by atoms with van der Waals surface area (Å²) in [4.78, 5) is 4.44. The van der Waals surface area contributed by atoms with E-state index in [1.807, 2.05) is 48.5 Å². The van der Waals surface area contributed by atoms with Gasteiger partial charge < -0.3 is 14.6 Å². The maximum atomic E-state index is 13.0. The molecule has 0 spiro atoms. The molecule has 1 fully saturated rings. The maximum Gasteiger partial charge on any atom is 0.261 e. The summed E-state index contributed by atoms with van der Waals surface area (Å²) in [7, 11) is -3.78. The number of rotatable bonds is 10. The Kier molecular flexibility index (Phi) is 8.87. The van der Waals surface area contributed by atoms with Gasteiger partial charge in [0.2, 0.25) is 0 Å². The number of hydrogen-bond acceptors (Lipinski definition) is 8. The van der Waals surface area contributed by atoms with E-state index < -0.39 is 22.4 Å². The zero-order valence-corrected chi connectivity index (χ0v) is 24.6. The Labute approximate surface area is 254 Å². The molecule has 4 atom stereocenters. The maximum absolute atomic E-state index is 13.0. The minimum atomic E-state index is -3.78. The zero-order valence-electron chi connectivity index (χ0n) is 23.0. The Balaban J connectivity index is 1.35. The van der Waals surface area contributed by atoms with Crippen LogP contribution in [0.2, 0.25) is 0 Å². The van der Waals surface area contributed by atoms with Crippen molar-refractivity contribution in [2.45, 2.75) is 41.1 Å². The third kappa shape index (κ3) is 6.82. The van der Waals surface area contributed by atoms with E-state index in [0.29, 0.717) is 22.2 Å². The van der Waals surface area contributed by atoms with Crippen LogP contribution in [0.5, 0.6) is 0 Å². The van der Waals surface area contributed by atoms with Crippen LogP contribution < -0.4 is 4.72 Å². The first kappa shape index (κ1) is 29.1. The monoisotopic (exact) mass is 614 g/mol. The van der Waals surface area contributed by atoms with Crippen LogP contribution in [0.15, 0.2) is 126 Å². The molecule has 4 aromatic carbocycles. The first-order chi connectivity index (χ1) is 21.0. The van der Waals surface area contributed by atoms with E-state index in [1.165, 1.54) is 18.1 Å². The smallest absolute Gasteiger partial charge is 0.261 e. The van der Waals surface area contributed by atoms with Crippen molar-refractivity contribution < 1.29 is 23.0 Å². The average Bonchev–Trinajstić information content (AvgIpc) is 3.58. The molecule has 6 rings (SSSR count). The van der Waals surface area contributed by atoms with Crippen molar-refractivity contribution in [2.24, 2.45) is 0 Å². The van der Waals surface area contributed by atoms with Crippen LogP contribution >= 0.6 is 11.8 Å². The van der Waals surface area contributed by atoms with Crippen molar-refractivity contribution in [1.29, 1.82) is 0 Å². The van der Waals surface area contributed by atoms with Gasteiger partial charge in [0.25, 0.3) is 10.0 Å². The van der Waals surface area contributed by atoms with Crippen molar-refractivity contribution in [3.8, 4) is 0 Å². The number of nitrogens with one attached hydrogen (secondary N) is 2. The zero-order chi connectivity index (χ0) is 29.6. The summed E-state index contributed by atoms with van der Waals surface area (Å²) in [5.74, 6) is 0.382. The number of aromatic amines is 1. The molecule has 1 aliphatic heterocycles. The average molecular weight is 615 g/mol. The number of aromatic nitrogens is 3. The molecule has 0 aliphatic carbocycles. The van der Waals surface area contributed by atoms with Gasteiger partial charge in [-0.2, -0.15) is 5.10 Å². The molecule has 0 bridgehead atoms. The Hall–Kier alpha value is -4.00. The van der Waals surface area contributed by atoms with E-state index in [-0.39, 0.29) is 23.5 Å². The number of aliphatic hydroxyl groups is 1. The van der Waals surface area contributed by atoms with Crippen molar-refractivity contribution in [1.82, 2.24) is 15.2 Å². The first-order valence-corrected chi connectivity index (χ1v) is 16.2. The van der Waals surface area contributed by atoms with E-state index in [9.17, 15) is 13.5 Å². The van der Waals surface area contributed by atoms with Gasteiger partial charge in [-0.1, -0.05) is 96.7 Å². The number of aliphatic hydroxyl groups excluding tert-OH is 1. The van der Waals surface area contributed by atoms with Gasteiger partial charge in [-0.05, 0) is 41.0 Å². The third-order valence-corrected chi connectivity index (χ3v) is 9.57. The summed E-state index contributed by atoms with van der Waals surface area (Å²) < 4.78 is 42.1. The number of sulfonamides is 1. The van der Waals surface area contributed by atoms with Crippen LogP contribution in [0, 0.1) is 0 Å². The van der Waals surface area contributed by atoms with Crippen LogP contribution in [0.25, 0.3) is 0 Å². The molecule has 9 nitrogen and oxygen atoms in total. The molecular weight excluding hydrogens is 585 g/mol. The Morgan fingerprint density at radius 3 is 2.26 bits per heavy atom. The summed E-state index contributed by atoms with van der Waals surface area (Å²) in [6.07, 6.45) is -0.0376. The lowest BCUT2D eigenvalue weighted by Gasteiger charge is -2.43. The van der Waals surface area contributed by atoms with Crippen LogP contribution in [0.1, 0.15) is 40.6 Å². The summed E-state index contributed by atoms with van der Waals surface area (Å²) >= 11 is 1.51. The van der Waals surface area contributed by atoms with Crippen molar-refractivity contribution in [2.75, 3.05) is 10.5 Å². The molecular formula is C32H30N4O5S2. The summed E-state index contributed by atoms with van der Waals surface area (Å²) in [6.45, 7) is -0.0538. The standard InChI is InChI=1S/C32H30N4O5S2/c37-19-22-14-16-24(17-15-22)30-29(23-8-3-1-4-9-23)28(20-42-32-33-21-34-35-32)40-31(41-30)25-10-7-11-26(18-25)36-43(38,39)27-12-5-2-6-13-27/h1-18,21,28-31,36-37H,19-20H2,(H,33,34,35)/t28-,29-,30+,31?/m1/s1. The lowest BCUT2D eigenvalue weighted by atomic mass is 9.84. The number of thioether (sulfide) groups is 1. The predicted molar refractivity (Wildman–Crippen MR) is 164 cm³/mol. The Morgan fingerprint density at radius 2 is 1.56 bits per heavy atom. The minimum absolute atomic E-state index is 0.0538. The summed E-state index contributed by atoms with van der Waals surface area (Å²) in [6, 6.07) is 33.1. The van der Waals surface area contributed by atoms with Crippen LogP contribution in [0.3, 0.4) is 0 Å². The second-order valence-corrected chi connectivity index (χ2v) is 12.7. The number of nitrogens with zero attached hydrogens (tertiary/aromatic N) is 2. The largest absolute Gasteiger partial charge is 0.392 e. The van der Waals surface area contributed by atoms with Gasteiger partial charge in [-0.3, -0.25) is 9.82 Å². The molecule has 0 amide bonds. The van der Waals surface area contributed by atoms with E-state index in [4.69, 9.17) is 9.47 Å². The molecule has 5 aromatic rings. The lowest BCUT2D eigenvalue weighted by molar-refractivity contribution is -0.255. The van der Waals surface area contributed by atoms with E-state index in [0.717, 1.165) is 16.7 Å². The Bertz CT molecular complexity index is 1720. The highest BCUT2D eigenvalue weighted by Crippen LogP contribution is 2.48. The number of ether oxygens (including phenoxy) is 2. The van der Waals surface area contributed by atoms with Gasteiger partial charge in [-0.15, -0.1) is 0 Å². The lowest BCUT2D eigenvalue weighted by Crippen LogP contribution is -2.38. The van der Waals surface area contributed by atoms with Gasteiger partial charge in [0.15, 0.2) is 11.4 Å². The number of anilines is 1. The normalized spacial score (nSPS) is 20.5. The fourth-order valence-corrected chi connectivity index (χ4v) is 7.06. The number of benzene rings is 4. The highest BCUT2D eigenvalue weighted by atomic mass is 32.2. The molecule has 1 aromatic heterocycles. The van der Waals surface area contributed by atoms with E-state index in [2.05, 4.69) is 32.0 Å². The molecule has 1 saturated heterocycles. The van der Waals surface area contributed by atoms with Crippen LogP contribution in [-0.2, 0) is 26.1 Å². The molecule has 3 N–H and O–H groups in total. The molecule has 1 unspecified atom stereocenters. The van der Waals surface area contributed by atoms with Gasteiger partial charge in [-0.25, -0.2) is 13.4 Å². The minimum Gasteiger partial charge on any atom is -0.392 e. The van der Waals surface area contributed by atoms with Gasteiger partial charge in [0.1, 0.15) is 6.33 Å². The SMILES string of the molecule is O=S(=O)(Nc1cccc(C2O[C@H](CSc3ncn[nH]3)[C@@H](c3ccccc3)[C@H](c3ccc(CO)cc3)O2)c1)c1ccccc1. The quantitative estimate of drug-likeness (QED) is 0.168. The van der Waals surface area contributed by atoms with E-state index in [1.54, 1.807) is 48.5 Å². The fourth-order valence-electron chi connectivity index (χ4n) is 5.14. The molecule has 11 heteroatoms. The second kappa shape index (κ2) is 13.1.